The second kappa shape index (κ2) is 8.01. The molecule has 0 aromatic heterocycles. The molecule has 2 nitrogen and oxygen atoms in total. The maximum atomic E-state index is 5.48. The highest BCUT2D eigenvalue weighted by Crippen LogP contribution is 2.23. The molecule has 0 aliphatic heterocycles. The van der Waals surface area contributed by atoms with Crippen molar-refractivity contribution in [3.05, 3.63) is 76.8 Å². The summed E-state index contributed by atoms with van der Waals surface area (Å²) in [6, 6.07) is 16.7. The van der Waals surface area contributed by atoms with E-state index in [0.717, 1.165) is 16.8 Å². The van der Waals surface area contributed by atoms with Crippen molar-refractivity contribution in [3.63, 3.8) is 0 Å². The highest BCUT2D eigenvalue weighted by Gasteiger charge is 2.07. The van der Waals surface area contributed by atoms with Crippen LogP contribution in [0.15, 0.2) is 65.7 Å². The Hall–Kier alpha value is -1.58. The maximum absolute atomic E-state index is 5.48. The number of nitrogens with one attached hydrogen (secondary N) is 1. The molecule has 2 aromatic rings. The molecule has 3 heteroatoms. The van der Waals surface area contributed by atoms with Gasteiger partial charge in [0, 0.05) is 17.1 Å². The van der Waals surface area contributed by atoms with Gasteiger partial charge in [-0.3, -0.25) is 0 Å². The van der Waals surface area contributed by atoms with Gasteiger partial charge in [-0.15, -0.1) is 0 Å². The molecule has 0 spiro atoms. The van der Waals surface area contributed by atoms with E-state index < -0.39 is 0 Å². The average Bonchev–Trinajstić information content (AvgIpc) is 2.52. The van der Waals surface area contributed by atoms with Gasteiger partial charge in [-0.1, -0.05) is 58.9 Å². The summed E-state index contributed by atoms with van der Waals surface area (Å²) < 4.78 is 6.61. The first kappa shape index (κ1) is 15.8. The molecule has 0 saturated heterocycles. The number of ether oxygens (including phenoxy) is 1. The summed E-state index contributed by atoms with van der Waals surface area (Å²) in [5.41, 5.74) is 2.50. The molecule has 21 heavy (non-hydrogen) atoms. The van der Waals surface area contributed by atoms with E-state index in [1.807, 2.05) is 18.2 Å². The summed E-state index contributed by atoms with van der Waals surface area (Å²) >= 11 is 3.59. The van der Waals surface area contributed by atoms with Crippen LogP contribution in [0.2, 0.25) is 0 Å². The molecule has 0 unspecified atom stereocenters. The number of halogens is 1. The van der Waals surface area contributed by atoms with Crippen molar-refractivity contribution in [2.24, 2.45) is 0 Å². The molecule has 2 aromatic carbocycles. The summed E-state index contributed by atoms with van der Waals surface area (Å²) in [6.45, 7) is 7.17. The van der Waals surface area contributed by atoms with Crippen molar-refractivity contribution in [2.45, 2.75) is 19.5 Å². The number of benzene rings is 2. The zero-order valence-electron chi connectivity index (χ0n) is 12.2. The number of hydrogen-bond donors (Lipinski definition) is 1. The van der Waals surface area contributed by atoms with Gasteiger partial charge in [-0.2, -0.15) is 0 Å². The van der Waals surface area contributed by atoms with Gasteiger partial charge < -0.3 is 10.1 Å². The normalized spacial score (nSPS) is 11.9. The monoisotopic (exact) mass is 345 g/mol. The average molecular weight is 346 g/mol. The third kappa shape index (κ3) is 4.73. The maximum Gasteiger partial charge on any atom is 0.119 e. The minimum atomic E-state index is 0.289. The van der Waals surface area contributed by atoms with Crippen molar-refractivity contribution in [1.82, 2.24) is 5.32 Å². The molecule has 0 saturated carbocycles. The first-order valence-electron chi connectivity index (χ1n) is 7.01. The summed E-state index contributed by atoms with van der Waals surface area (Å²) in [5, 5.41) is 3.53. The molecule has 0 amide bonds. The Morgan fingerprint density at radius 1 is 1.19 bits per heavy atom. The molecular weight excluding hydrogens is 326 g/mol. The summed E-state index contributed by atoms with van der Waals surface area (Å²) in [7, 11) is 0. The SMILES string of the molecule is C=CCOc1ccc(CN[C@@H](C)c2ccccc2Br)cc1. The van der Waals surface area contributed by atoms with Crippen molar-refractivity contribution in [3.8, 4) is 5.75 Å². The lowest BCUT2D eigenvalue weighted by atomic mass is 10.1. The van der Waals surface area contributed by atoms with Crippen LogP contribution < -0.4 is 10.1 Å². The van der Waals surface area contributed by atoms with Crippen LogP contribution in [0, 0.1) is 0 Å². The Morgan fingerprint density at radius 2 is 1.90 bits per heavy atom. The fraction of sp³-hybridized carbons (Fsp3) is 0.222. The second-order valence-electron chi connectivity index (χ2n) is 4.87. The molecule has 2 rings (SSSR count). The summed E-state index contributed by atoms with van der Waals surface area (Å²) in [4.78, 5) is 0. The summed E-state index contributed by atoms with van der Waals surface area (Å²) in [5.74, 6) is 0.873. The van der Waals surface area contributed by atoms with E-state index in [2.05, 4.69) is 65.1 Å². The van der Waals surface area contributed by atoms with Crippen LogP contribution in [0.5, 0.6) is 5.75 Å². The molecule has 110 valence electrons. The Balaban J connectivity index is 1.90. The van der Waals surface area contributed by atoms with Crippen LogP contribution in [0.1, 0.15) is 24.1 Å². The highest BCUT2D eigenvalue weighted by atomic mass is 79.9. The molecule has 0 heterocycles. The third-order valence-corrected chi connectivity index (χ3v) is 4.00. The van der Waals surface area contributed by atoms with Crippen LogP contribution in [-0.4, -0.2) is 6.61 Å². The van der Waals surface area contributed by atoms with Crippen molar-refractivity contribution in [1.29, 1.82) is 0 Å². The van der Waals surface area contributed by atoms with E-state index in [1.54, 1.807) is 6.08 Å². The minimum Gasteiger partial charge on any atom is -0.490 e. The van der Waals surface area contributed by atoms with Crippen LogP contribution in [0.3, 0.4) is 0 Å². The fourth-order valence-electron chi connectivity index (χ4n) is 2.07. The standard InChI is InChI=1S/C18H20BrNO/c1-3-12-21-16-10-8-15(9-11-16)13-20-14(2)17-6-4-5-7-18(17)19/h3-11,14,20H,1,12-13H2,2H3/t14-/m0/s1. The quantitative estimate of drug-likeness (QED) is 0.723. The van der Waals surface area contributed by atoms with Gasteiger partial charge in [-0.25, -0.2) is 0 Å². The van der Waals surface area contributed by atoms with Gasteiger partial charge in [0.25, 0.3) is 0 Å². The van der Waals surface area contributed by atoms with Gasteiger partial charge in [0.2, 0.25) is 0 Å². The minimum absolute atomic E-state index is 0.289. The molecule has 0 radical (unpaired) electrons. The zero-order valence-corrected chi connectivity index (χ0v) is 13.8. The fourth-order valence-corrected chi connectivity index (χ4v) is 2.69. The first-order chi connectivity index (χ1) is 10.2. The Labute approximate surface area is 135 Å². The third-order valence-electron chi connectivity index (χ3n) is 3.28. The molecule has 0 bridgehead atoms. The van der Waals surface area contributed by atoms with E-state index in [0.29, 0.717) is 6.61 Å². The van der Waals surface area contributed by atoms with Crippen LogP contribution in [0.4, 0.5) is 0 Å². The molecular formula is C18H20BrNO. The lowest BCUT2D eigenvalue weighted by molar-refractivity contribution is 0.363. The zero-order chi connectivity index (χ0) is 15.1. The predicted molar refractivity (Wildman–Crippen MR) is 91.5 cm³/mol. The molecule has 1 atom stereocenters. The Kier molecular flexibility index (Phi) is 6.03. The lowest BCUT2D eigenvalue weighted by Crippen LogP contribution is -2.18. The van der Waals surface area contributed by atoms with Gasteiger partial charge in [0.1, 0.15) is 12.4 Å². The Bertz CT molecular complexity index is 580. The second-order valence-corrected chi connectivity index (χ2v) is 5.72. The molecule has 0 aliphatic rings. The van der Waals surface area contributed by atoms with Gasteiger partial charge in [-0.05, 0) is 36.2 Å². The van der Waals surface area contributed by atoms with Crippen molar-refractivity contribution < 1.29 is 4.74 Å². The molecule has 0 aliphatic carbocycles. The van der Waals surface area contributed by atoms with Gasteiger partial charge in [0.15, 0.2) is 0 Å². The topological polar surface area (TPSA) is 21.3 Å². The van der Waals surface area contributed by atoms with Gasteiger partial charge in [0.05, 0.1) is 0 Å². The number of rotatable bonds is 7. The van der Waals surface area contributed by atoms with E-state index in [1.165, 1.54) is 11.1 Å². The highest BCUT2D eigenvalue weighted by molar-refractivity contribution is 9.10. The van der Waals surface area contributed by atoms with Crippen LogP contribution in [-0.2, 0) is 6.54 Å². The van der Waals surface area contributed by atoms with E-state index >= 15 is 0 Å². The largest absolute Gasteiger partial charge is 0.490 e. The van der Waals surface area contributed by atoms with E-state index in [-0.39, 0.29) is 6.04 Å². The van der Waals surface area contributed by atoms with Gasteiger partial charge >= 0.3 is 0 Å². The molecule has 1 N–H and O–H groups in total. The molecule has 0 fully saturated rings. The van der Waals surface area contributed by atoms with Crippen molar-refractivity contribution >= 4 is 15.9 Å². The van der Waals surface area contributed by atoms with Crippen LogP contribution >= 0.6 is 15.9 Å². The lowest BCUT2D eigenvalue weighted by Gasteiger charge is -2.16. The van der Waals surface area contributed by atoms with E-state index in [4.69, 9.17) is 4.74 Å². The van der Waals surface area contributed by atoms with E-state index in [9.17, 15) is 0 Å². The van der Waals surface area contributed by atoms with Crippen molar-refractivity contribution in [2.75, 3.05) is 6.61 Å². The smallest absolute Gasteiger partial charge is 0.119 e. The summed E-state index contributed by atoms with van der Waals surface area (Å²) in [6.07, 6.45) is 1.74. The number of hydrogen-bond acceptors (Lipinski definition) is 2. The predicted octanol–water partition coefficient (Wildman–Crippen LogP) is 4.86. The van der Waals surface area contributed by atoms with Crippen LogP contribution in [0.25, 0.3) is 0 Å². The first-order valence-corrected chi connectivity index (χ1v) is 7.80. The Morgan fingerprint density at radius 3 is 2.57 bits per heavy atom.